The summed E-state index contributed by atoms with van der Waals surface area (Å²) in [4.78, 5) is 18.8. The zero-order chi connectivity index (χ0) is 14.7. The zero-order valence-corrected chi connectivity index (χ0v) is 13.4. The van der Waals surface area contributed by atoms with E-state index in [1.165, 1.54) is 0 Å². The standard InChI is InChI=1S/C14H17BrN4O/c1-10-4-5-16-12(8-10)14(20)13-11(15)9-17-19(13)7-6-18(2)3/h4-5,8-9H,6-7H2,1-3H3. The molecule has 0 radical (unpaired) electrons. The van der Waals surface area contributed by atoms with Crippen molar-refractivity contribution in [1.82, 2.24) is 19.7 Å². The van der Waals surface area contributed by atoms with Crippen LogP contribution in [0.4, 0.5) is 0 Å². The molecule has 0 aromatic carbocycles. The van der Waals surface area contributed by atoms with Crippen LogP contribution in [0.2, 0.25) is 0 Å². The van der Waals surface area contributed by atoms with E-state index in [1.807, 2.05) is 27.1 Å². The van der Waals surface area contributed by atoms with Crippen LogP contribution in [0.15, 0.2) is 29.0 Å². The minimum absolute atomic E-state index is 0.114. The summed E-state index contributed by atoms with van der Waals surface area (Å²) in [6, 6.07) is 3.66. The first-order chi connectivity index (χ1) is 9.49. The van der Waals surface area contributed by atoms with Crippen LogP contribution in [0.3, 0.4) is 0 Å². The summed E-state index contributed by atoms with van der Waals surface area (Å²) in [5.74, 6) is -0.114. The first-order valence-corrected chi connectivity index (χ1v) is 7.11. The lowest BCUT2D eigenvalue weighted by Crippen LogP contribution is -2.22. The van der Waals surface area contributed by atoms with E-state index in [0.29, 0.717) is 22.4 Å². The van der Waals surface area contributed by atoms with Crippen LogP contribution >= 0.6 is 15.9 Å². The molecule has 2 rings (SSSR count). The third-order valence-corrected chi connectivity index (χ3v) is 3.50. The zero-order valence-electron chi connectivity index (χ0n) is 11.8. The normalized spacial score (nSPS) is 11.1. The summed E-state index contributed by atoms with van der Waals surface area (Å²) in [6.45, 7) is 3.41. The third kappa shape index (κ3) is 3.32. The molecule has 0 fully saturated rings. The number of pyridine rings is 1. The van der Waals surface area contributed by atoms with Crippen LogP contribution in [0.25, 0.3) is 0 Å². The van der Waals surface area contributed by atoms with Crippen molar-refractivity contribution in [3.63, 3.8) is 0 Å². The molecular weight excluding hydrogens is 320 g/mol. The fourth-order valence-corrected chi connectivity index (χ4v) is 2.31. The molecule has 2 heterocycles. The van der Waals surface area contributed by atoms with E-state index in [2.05, 4.69) is 30.9 Å². The number of hydrogen-bond acceptors (Lipinski definition) is 4. The van der Waals surface area contributed by atoms with Crippen LogP contribution in [-0.2, 0) is 6.54 Å². The molecule has 0 amide bonds. The van der Waals surface area contributed by atoms with Crippen LogP contribution < -0.4 is 0 Å². The average Bonchev–Trinajstić information content (AvgIpc) is 2.76. The predicted octanol–water partition coefficient (Wildman–Crippen LogP) is 2.14. The number of halogens is 1. The number of nitrogens with zero attached hydrogens (tertiary/aromatic N) is 4. The van der Waals surface area contributed by atoms with Gasteiger partial charge in [-0.15, -0.1) is 0 Å². The molecule has 20 heavy (non-hydrogen) atoms. The second kappa shape index (κ2) is 6.28. The highest BCUT2D eigenvalue weighted by molar-refractivity contribution is 9.10. The van der Waals surface area contributed by atoms with Crippen molar-refractivity contribution in [3.05, 3.63) is 46.0 Å². The van der Waals surface area contributed by atoms with Crippen molar-refractivity contribution in [2.45, 2.75) is 13.5 Å². The Balaban J connectivity index is 2.32. The topological polar surface area (TPSA) is 51.0 Å². The molecule has 0 aliphatic rings. The second-order valence-electron chi connectivity index (χ2n) is 4.92. The first-order valence-electron chi connectivity index (χ1n) is 6.32. The summed E-state index contributed by atoms with van der Waals surface area (Å²) in [5.41, 5.74) is 2.00. The van der Waals surface area contributed by atoms with E-state index in [4.69, 9.17) is 0 Å². The van der Waals surface area contributed by atoms with Crippen LogP contribution in [0, 0.1) is 6.92 Å². The minimum atomic E-state index is -0.114. The highest BCUT2D eigenvalue weighted by Gasteiger charge is 2.20. The first kappa shape index (κ1) is 14.9. The van der Waals surface area contributed by atoms with E-state index in [9.17, 15) is 4.79 Å². The number of ketones is 1. The SMILES string of the molecule is Cc1ccnc(C(=O)c2c(Br)cnn2CCN(C)C)c1. The molecule has 0 unspecified atom stereocenters. The van der Waals surface area contributed by atoms with Crippen LogP contribution in [0.1, 0.15) is 21.7 Å². The maximum Gasteiger partial charge on any atom is 0.230 e. The molecule has 0 saturated carbocycles. The van der Waals surface area contributed by atoms with Gasteiger partial charge in [0.05, 0.1) is 17.2 Å². The number of likely N-dealkylation sites (N-methyl/N-ethyl adjacent to an activating group) is 1. The number of aromatic nitrogens is 3. The molecule has 0 saturated heterocycles. The van der Waals surface area contributed by atoms with Gasteiger partial charge in [-0.3, -0.25) is 14.5 Å². The molecule has 0 aliphatic heterocycles. The Hall–Kier alpha value is -1.53. The van der Waals surface area contributed by atoms with Gasteiger partial charge in [0.15, 0.2) is 0 Å². The molecule has 2 aromatic heterocycles. The summed E-state index contributed by atoms with van der Waals surface area (Å²) in [5, 5.41) is 4.25. The van der Waals surface area contributed by atoms with E-state index in [1.54, 1.807) is 23.1 Å². The van der Waals surface area contributed by atoms with Gasteiger partial charge in [0.25, 0.3) is 0 Å². The molecule has 0 N–H and O–H groups in total. The monoisotopic (exact) mass is 336 g/mol. The largest absolute Gasteiger partial charge is 0.308 e. The molecule has 2 aromatic rings. The molecule has 0 aliphatic carbocycles. The summed E-state index contributed by atoms with van der Waals surface area (Å²) >= 11 is 3.40. The molecule has 0 spiro atoms. The van der Waals surface area contributed by atoms with Crippen molar-refractivity contribution in [3.8, 4) is 0 Å². The van der Waals surface area contributed by atoms with E-state index >= 15 is 0 Å². The molecule has 0 atom stereocenters. The lowest BCUT2D eigenvalue weighted by atomic mass is 10.1. The van der Waals surface area contributed by atoms with Gasteiger partial charge in [0.1, 0.15) is 11.4 Å². The van der Waals surface area contributed by atoms with Crippen LogP contribution in [0.5, 0.6) is 0 Å². The second-order valence-corrected chi connectivity index (χ2v) is 5.77. The lowest BCUT2D eigenvalue weighted by Gasteiger charge is -2.11. The molecule has 5 nitrogen and oxygen atoms in total. The Morgan fingerprint density at radius 3 is 2.85 bits per heavy atom. The van der Waals surface area contributed by atoms with Gasteiger partial charge >= 0.3 is 0 Å². The molecule has 0 bridgehead atoms. The Bertz CT molecular complexity index is 621. The van der Waals surface area contributed by atoms with Gasteiger partial charge in [-0.1, -0.05) is 0 Å². The Kier molecular flexibility index (Phi) is 4.67. The van der Waals surface area contributed by atoms with Crippen molar-refractivity contribution < 1.29 is 4.79 Å². The highest BCUT2D eigenvalue weighted by Crippen LogP contribution is 2.19. The van der Waals surface area contributed by atoms with Crippen LogP contribution in [-0.4, -0.2) is 46.1 Å². The number of carbonyl (C=O) groups excluding carboxylic acids is 1. The van der Waals surface area contributed by atoms with Crippen molar-refractivity contribution >= 4 is 21.7 Å². The average molecular weight is 337 g/mol. The maximum absolute atomic E-state index is 12.6. The van der Waals surface area contributed by atoms with Gasteiger partial charge in [0.2, 0.25) is 5.78 Å². The van der Waals surface area contributed by atoms with Crippen molar-refractivity contribution in [1.29, 1.82) is 0 Å². The summed E-state index contributed by atoms with van der Waals surface area (Å²) in [6.07, 6.45) is 3.30. The van der Waals surface area contributed by atoms with Gasteiger partial charge in [0, 0.05) is 12.7 Å². The van der Waals surface area contributed by atoms with E-state index in [0.717, 1.165) is 12.1 Å². The molecule has 6 heteroatoms. The van der Waals surface area contributed by atoms with Crippen molar-refractivity contribution in [2.24, 2.45) is 0 Å². The Labute approximate surface area is 126 Å². The fraction of sp³-hybridized carbons (Fsp3) is 0.357. The van der Waals surface area contributed by atoms with Gasteiger partial charge in [-0.25, -0.2) is 0 Å². The quantitative estimate of drug-likeness (QED) is 0.785. The minimum Gasteiger partial charge on any atom is -0.308 e. The lowest BCUT2D eigenvalue weighted by molar-refractivity contribution is 0.102. The number of hydrogen-bond donors (Lipinski definition) is 0. The van der Waals surface area contributed by atoms with E-state index in [-0.39, 0.29) is 5.78 Å². The maximum atomic E-state index is 12.6. The predicted molar refractivity (Wildman–Crippen MR) is 80.9 cm³/mol. The third-order valence-electron chi connectivity index (χ3n) is 2.92. The fourth-order valence-electron chi connectivity index (χ4n) is 1.83. The number of carbonyl (C=O) groups is 1. The molecule has 106 valence electrons. The number of rotatable bonds is 5. The smallest absolute Gasteiger partial charge is 0.230 e. The highest BCUT2D eigenvalue weighted by atomic mass is 79.9. The van der Waals surface area contributed by atoms with Gasteiger partial charge in [-0.05, 0) is 54.6 Å². The Morgan fingerprint density at radius 1 is 1.45 bits per heavy atom. The van der Waals surface area contributed by atoms with Gasteiger partial charge in [-0.2, -0.15) is 5.10 Å². The number of aryl methyl sites for hydroxylation is 1. The Morgan fingerprint density at radius 2 is 2.20 bits per heavy atom. The van der Waals surface area contributed by atoms with Crippen molar-refractivity contribution in [2.75, 3.05) is 20.6 Å². The molecular formula is C14H17BrN4O. The van der Waals surface area contributed by atoms with Gasteiger partial charge < -0.3 is 4.90 Å². The summed E-state index contributed by atoms with van der Waals surface area (Å²) in [7, 11) is 3.98. The summed E-state index contributed by atoms with van der Waals surface area (Å²) < 4.78 is 2.42. The van der Waals surface area contributed by atoms with E-state index < -0.39 is 0 Å².